The molecule has 2 N–H and O–H groups in total. The molecular formula is C18H27ClN4O. The molecule has 0 saturated carbocycles. The minimum Gasteiger partial charge on any atom is -0.342 e. The summed E-state index contributed by atoms with van der Waals surface area (Å²) in [5, 5.41) is 0. The quantitative estimate of drug-likeness (QED) is 0.922. The van der Waals surface area contributed by atoms with Crippen molar-refractivity contribution in [1.29, 1.82) is 0 Å². The highest BCUT2D eigenvalue weighted by atomic mass is 35.5. The fourth-order valence-corrected chi connectivity index (χ4v) is 3.53. The first kappa shape index (κ1) is 18.7. The van der Waals surface area contributed by atoms with Gasteiger partial charge in [0.05, 0.1) is 11.0 Å². The van der Waals surface area contributed by atoms with E-state index in [2.05, 4.69) is 29.7 Å². The van der Waals surface area contributed by atoms with Gasteiger partial charge in [-0.1, -0.05) is 19.1 Å². The summed E-state index contributed by atoms with van der Waals surface area (Å²) in [6.45, 7) is 5.66. The topological polar surface area (TPSA) is 64.2 Å². The molecule has 3 rings (SSSR count). The maximum atomic E-state index is 12.2. The number of imidazole rings is 1. The number of likely N-dealkylation sites (tertiary alicyclic amines) is 1. The summed E-state index contributed by atoms with van der Waals surface area (Å²) in [5.41, 5.74) is 8.03. The van der Waals surface area contributed by atoms with E-state index in [4.69, 9.17) is 10.7 Å². The highest BCUT2D eigenvalue weighted by Crippen LogP contribution is 2.29. The van der Waals surface area contributed by atoms with Gasteiger partial charge in [-0.15, -0.1) is 12.4 Å². The molecule has 1 unspecified atom stereocenters. The number of fused-ring (bicyclic) bond motifs is 1. The molecule has 1 fully saturated rings. The van der Waals surface area contributed by atoms with Crippen molar-refractivity contribution in [2.75, 3.05) is 13.1 Å². The Bertz CT molecular complexity index is 689. The van der Waals surface area contributed by atoms with Gasteiger partial charge in [0.15, 0.2) is 0 Å². The van der Waals surface area contributed by atoms with Crippen LogP contribution < -0.4 is 5.73 Å². The lowest BCUT2D eigenvalue weighted by Crippen LogP contribution is -2.41. The first-order chi connectivity index (χ1) is 11.1. The number of para-hydroxylation sites is 2. The Morgan fingerprint density at radius 3 is 2.62 bits per heavy atom. The van der Waals surface area contributed by atoms with Crippen LogP contribution in [0.3, 0.4) is 0 Å². The van der Waals surface area contributed by atoms with Crippen LogP contribution in [0.5, 0.6) is 0 Å². The second kappa shape index (κ2) is 7.99. The standard InChI is InChI=1S/C18H26N4O.ClH/c1-3-17-20-15-6-4-5-7-16(15)22(17)14-8-10-21(11-9-14)18(23)12-13(2)19;/h4-7,13-14H,3,8-12,19H2,1-2H3;1H. The van der Waals surface area contributed by atoms with Crippen molar-refractivity contribution < 1.29 is 4.79 Å². The SMILES string of the molecule is CCc1nc2ccccc2n1C1CCN(C(=O)CC(C)N)CC1.Cl. The van der Waals surface area contributed by atoms with E-state index in [1.807, 2.05) is 17.9 Å². The van der Waals surface area contributed by atoms with Crippen molar-refractivity contribution in [3.8, 4) is 0 Å². The van der Waals surface area contributed by atoms with Crippen molar-refractivity contribution in [3.63, 3.8) is 0 Å². The molecule has 6 heteroatoms. The second-order valence-corrected chi connectivity index (χ2v) is 6.53. The summed E-state index contributed by atoms with van der Waals surface area (Å²) in [5.74, 6) is 1.33. The van der Waals surface area contributed by atoms with Gasteiger partial charge in [-0.2, -0.15) is 0 Å². The number of carbonyl (C=O) groups excluding carboxylic acids is 1. The Morgan fingerprint density at radius 1 is 1.33 bits per heavy atom. The van der Waals surface area contributed by atoms with Crippen molar-refractivity contribution in [1.82, 2.24) is 14.5 Å². The predicted octanol–water partition coefficient (Wildman–Crippen LogP) is 2.92. The molecule has 1 saturated heterocycles. The average molecular weight is 351 g/mol. The number of halogens is 1. The lowest BCUT2D eigenvalue weighted by atomic mass is 10.0. The number of hydrogen-bond acceptors (Lipinski definition) is 3. The predicted molar refractivity (Wildman–Crippen MR) is 99.5 cm³/mol. The number of aromatic nitrogens is 2. The highest BCUT2D eigenvalue weighted by Gasteiger charge is 2.26. The number of hydrogen-bond donors (Lipinski definition) is 1. The molecule has 0 spiro atoms. The van der Waals surface area contributed by atoms with Crippen molar-refractivity contribution in [2.45, 2.75) is 51.6 Å². The maximum Gasteiger partial charge on any atom is 0.224 e. The molecule has 2 heterocycles. The fraction of sp³-hybridized carbons (Fsp3) is 0.556. The van der Waals surface area contributed by atoms with Gasteiger partial charge in [0.1, 0.15) is 5.82 Å². The van der Waals surface area contributed by atoms with Crippen LogP contribution in [0.25, 0.3) is 11.0 Å². The molecule has 0 aliphatic carbocycles. The Balaban J connectivity index is 0.00000208. The molecule has 1 atom stereocenters. The Kier molecular flexibility index (Phi) is 6.24. The van der Waals surface area contributed by atoms with E-state index in [-0.39, 0.29) is 24.4 Å². The third kappa shape index (κ3) is 3.73. The van der Waals surface area contributed by atoms with E-state index in [0.717, 1.165) is 43.7 Å². The Morgan fingerprint density at radius 2 is 2.00 bits per heavy atom. The minimum atomic E-state index is -0.0653. The summed E-state index contributed by atoms with van der Waals surface area (Å²) >= 11 is 0. The van der Waals surface area contributed by atoms with Crippen LogP contribution in [0.1, 0.15) is 45.0 Å². The molecule has 1 aliphatic rings. The van der Waals surface area contributed by atoms with Crippen LogP contribution in [0.15, 0.2) is 24.3 Å². The van der Waals surface area contributed by atoms with Crippen LogP contribution in [-0.2, 0) is 11.2 Å². The molecule has 0 bridgehead atoms. The van der Waals surface area contributed by atoms with E-state index in [0.29, 0.717) is 12.5 Å². The summed E-state index contributed by atoms with van der Waals surface area (Å²) in [4.78, 5) is 18.9. The maximum absolute atomic E-state index is 12.2. The van der Waals surface area contributed by atoms with Gasteiger partial charge in [-0.3, -0.25) is 4.79 Å². The zero-order valence-electron chi connectivity index (χ0n) is 14.4. The van der Waals surface area contributed by atoms with Crippen molar-refractivity contribution >= 4 is 29.3 Å². The molecule has 5 nitrogen and oxygen atoms in total. The molecule has 1 aromatic carbocycles. The van der Waals surface area contributed by atoms with Gasteiger partial charge in [-0.05, 0) is 31.9 Å². The largest absolute Gasteiger partial charge is 0.342 e. The smallest absolute Gasteiger partial charge is 0.224 e. The number of nitrogens with two attached hydrogens (primary N) is 1. The molecule has 0 radical (unpaired) electrons. The number of rotatable bonds is 4. The van der Waals surface area contributed by atoms with E-state index in [1.165, 1.54) is 5.52 Å². The molecule has 1 aromatic heterocycles. The molecule has 2 aromatic rings. The van der Waals surface area contributed by atoms with E-state index < -0.39 is 0 Å². The summed E-state index contributed by atoms with van der Waals surface area (Å²) in [6.07, 6.45) is 3.34. The van der Waals surface area contributed by atoms with Crippen molar-refractivity contribution in [2.24, 2.45) is 5.73 Å². The van der Waals surface area contributed by atoms with Gasteiger partial charge in [0, 0.05) is 38.0 Å². The minimum absolute atomic E-state index is 0. The molecule has 1 aliphatic heterocycles. The van der Waals surface area contributed by atoms with E-state index >= 15 is 0 Å². The lowest BCUT2D eigenvalue weighted by Gasteiger charge is -2.34. The van der Waals surface area contributed by atoms with E-state index in [9.17, 15) is 4.79 Å². The van der Waals surface area contributed by atoms with Gasteiger partial charge in [-0.25, -0.2) is 4.98 Å². The van der Waals surface area contributed by atoms with Crippen molar-refractivity contribution in [3.05, 3.63) is 30.1 Å². The fourth-order valence-electron chi connectivity index (χ4n) is 3.53. The van der Waals surface area contributed by atoms with Crippen LogP contribution in [0.4, 0.5) is 0 Å². The summed E-state index contributed by atoms with van der Waals surface area (Å²) < 4.78 is 2.39. The van der Waals surface area contributed by atoms with Crippen LogP contribution in [0, 0.1) is 0 Å². The van der Waals surface area contributed by atoms with Gasteiger partial charge in [0.25, 0.3) is 0 Å². The number of carbonyl (C=O) groups is 1. The average Bonchev–Trinajstić information content (AvgIpc) is 2.93. The lowest BCUT2D eigenvalue weighted by molar-refractivity contribution is -0.132. The zero-order chi connectivity index (χ0) is 16.4. The van der Waals surface area contributed by atoms with E-state index in [1.54, 1.807) is 0 Å². The number of nitrogens with zero attached hydrogens (tertiary/aromatic N) is 3. The molecule has 1 amide bonds. The van der Waals surface area contributed by atoms with Crippen LogP contribution >= 0.6 is 12.4 Å². The zero-order valence-corrected chi connectivity index (χ0v) is 15.3. The van der Waals surface area contributed by atoms with Gasteiger partial charge in [0.2, 0.25) is 5.91 Å². The molecular weight excluding hydrogens is 324 g/mol. The number of benzene rings is 1. The number of amides is 1. The van der Waals surface area contributed by atoms with Crippen LogP contribution in [0.2, 0.25) is 0 Å². The Hall–Kier alpha value is -1.59. The molecule has 24 heavy (non-hydrogen) atoms. The summed E-state index contributed by atoms with van der Waals surface area (Å²) in [6, 6.07) is 8.69. The second-order valence-electron chi connectivity index (χ2n) is 6.53. The number of aryl methyl sites for hydroxylation is 1. The first-order valence-corrected chi connectivity index (χ1v) is 8.59. The first-order valence-electron chi connectivity index (χ1n) is 8.59. The summed E-state index contributed by atoms with van der Waals surface area (Å²) in [7, 11) is 0. The monoisotopic (exact) mass is 350 g/mol. The normalized spacial score (nSPS) is 16.9. The van der Waals surface area contributed by atoms with Crippen LogP contribution in [-0.4, -0.2) is 39.5 Å². The number of piperidine rings is 1. The third-order valence-corrected chi connectivity index (χ3v) is 4.66. The highest BCUT2D eigenvalue weighted by molar-refractivity contribution is 5.85. The van der Waals surface area contributed by atoms with Gasteiger partial charge >= 0.3 is 0 Å². The molecule has 132 valence electrons. The van der Waals surface area contributed by atoms with Gasteiger partial charge < -0.3 is 15.2 Å². The Labute approximate surface area is 149 Å². The third-order valence-electron chi connectivity index (χ3n) is 4.66.